The SMILES string of the molecule is O=C(CNCc1ccc(Cl)c(Cl)c1)N1CCCC(c2ccccc2)C1CN1CCCC1. The molecule has 2 saturated heterocycles. The molecule has 0 bridgehead atoms. The van der Waals surface area contributed by atoms with Crippen LogP contribution in [0.25, 0.3) is 0 Å². The van der Waals surface area contributed by atoms with Crippen molar-refractivity contribution in [1.29, 1.82) is 0 Å². The molecule has 31 heavy (non-hydrogen) atoms. The Kier molecular flexibility index (Phi) is 7.89. The summed E-state index contributed by atoms with van der Waals surface area (Å²) in [6.45, 7) is 5.03. The topological polar surface area (TPSA) is 35.6 Å². The number of piperidine rings is 1. The van der Waals surface area contributed by atoms with E-state index in [4.69, 9.17) is 23.2 Å². The zero-order valence-electron chi connectivity index (χ0n) is 17.9. The van der Waals surface area contributed by atoms with E-state index in [1.165, 1.54) is 18.4 Å². The molecule has 2 atom stereocenters. The van der Waals surface area contributed by atoms with E-state index in [2.05, 4.69) is 45.4 Å². The first-order chi connectivity index (χ1) is 15.1. The summed E-state index contributed by atoms with van der Waals surface area (Å²) in [5.74, 6) is 0.583. The van der Waals surface area contributed by atoms with Crippen LogP contribution in [0, 0.1) is 0 Å². The van der Waals surface area contributed by atoms with Gasteiger partial charge in [-0.2, -0.15) is 0 Å². The first-order valence-corrected chi connectivity index (χ1v) is 12.1. The van der Waals surface area contributed by atoms with Crippen molar-refractivity contribution in [1.82, 2.24) is 15.1 Å². The third kappa shape index (κ3) is 5.81. The third-order valence-corrected chi connectivity index (χ3v) is 7.30. The molecule has 4 nitrogen and oxygen atoms in total. The molecule has 0 radical (unpaired) electrons. The van der Waals surface area contributed by atoms with Crippen molar-refractivity contribution in [2.75, 3.05) is 32.7 Å². The zero-order valence-corrected chi connectivity index (χ0v) is 19.4. The van der Waals surface area contributed by atoms with E-state index in [-0.39, 0.29) is 11.9 Å². The standard InChI is InChI=1S/C25H31Cl2N3O/c26-22-11-10-19(15-23(22)27)16-28-17-25(31)30-14-6-9-21(20-7-2-1-3-8-20)24(30)18-29-12-4-5-13-29/h1-3,7-8,10-11,15,21,24,28H,4-6,9,12-14,16-18H2. The minimum Gasteiger partial charge on any atom is -0.337 e. The monoisotopic (exact) mass is 459 g/mol. The number of rotatable bonds is 7. The van der Waals surface area contributed by atoms with Crippen molar-refractivity contribution in [2.45, 2.75) is 44.2 Å². The first-order valence-electron chi connectivity index (χ1n) is 11.3. The summed E-state index contributed by atoms with van der Waals surface area (Å²) in [4.78, 5) is 17.9. The van der Waals surface area contributed by atoms with Gasteiger partial charge in [-0.3, -0.25) is 4.79 Å². The van der Waals surface area contributed by atoms with Crippen LogP contribution < -0.4 is 5.32 Å². The number of halogens is 2. The van der Waals surface area contributed by atoms with E-state index in [1.54, 1.807) is 6.07 Å². The molecule has 4 rings (SSSR count). The Morgan fingerprint density at radius 1 is 0.968 bits per heavy atom. The van der Waals surface area contributed by atoms with Crippen molar-refractivity contribution in [3.63, 3.8) is 0 Å². The van der Waals surface area contributed by atoms with Gasteiger partial charge in [0.05, 0.1) is 22.6 Å². The maximum atomic E-state index is 13.3. The number of amides is 1. The summed E-state index contributed by atoms with van der Waals surface area (Å²) >= 11 is 12.1. The summed E-state index contributed by atoms with van der Waals surface area (Å²) in [6.07, 6.45) is 4.72. The van der Waals surface area contributed by atoms with E-state index < -0.39 is 0 Å². The lowest BCUT2D eigenvalue weighted by molar-refractivity contribution is -0.135. The van der Waals surface area contributed by atoms with Crippen molar-refractivity contribution in [2.24, 2.45) is 0 Å². The Bertz CT molecular complexity index is 870. The Labute approximate surface area is 195 Å². The van der Waals surface area contributed by atoms with Gasteiger partial charge in [0, 0.05) is 25.6 Å². The molecule has 2 unspecified atom stereocenters. The van der Waals surface area contributed by atoms with Gasteiger partial charge in [-0.15, -0.1) is 0 Å². The number of benzene rings is 2. The molecule has 2 fully saturated rings. The third-order valence-electron chi connectivity index (χ3n) is 6.56. The van der Waals surface area contributed by atoms with Gasteiger partial charge in [0.1, 0.15) is 0 Å². The number of carbonyl (C=O) groups is 1. The Morgan fingerprint density at radius 2 is 1.74 bits per heavy atom. The number of hydrogen-bond donors (Lipinski definition) is 1. The second kappa shape index (κ2) is 10.8. The van der Waals surface area contributed by atoms with Crippen molar-refractivity contribution >= 4 is 29.1 Å². The molecule has 1 N–H and O–H groups in total. The Hall–Kier alpha value is -1.59. The molecule has 0 aromatic heterocycles. The van der Waals surface area contributed by atoms with Gasteiger partial charge in [-0.25, -0.2) is 0 Å². The molecule has 0 spiro atoms. The highest BCUT2D eigenvalue weighted by Crippen LogP contribution is 2.34. The predicted molar refractivity (Wildman–Crippen MR) is 128 cm³/mol. The van der Waals surface area contributed by atoms with E-state index in [0.717, 1.165) is 44.6 Å². The molecule has 2 aliphatic rings. The number of hydrogen-bond acceptors (Lipinski definition) is 3. The second-order valence-electron chi connectivity index (χ2n) is 8.67. The van der Waals surface area contributed by atoms with E-state index in [0.29, 0.717) is 29.1 Å². The average molecular weight is 460 g/mol. The first kappa shape index (κ1) is 22.6. The summed E-state index contributed by atoms with van der Waals surface area (Å²) in [6, 6.07) is 16.5. The van der Waals surface area contributed by atoms with Gasteiger partial charge in [0.25, 0.3) is 0 Å². The maximum Gasteiger partial charge on any atom is 0.236 e. The van der Waals surface area contributed by atoms with Gasteiger partial charge in [0.2, 0.25) is 5.91 Å². The van der Waals surface area contributed by atoms with Crippen LogP contribution in [0.15, 0.2) is 48.5 Å². The lowest BCUT2D eigenvalue weighted by atomic mass is 9.83. The molecular formula is C25H31Cl2N3O. The lowest BCUT2D eigenvalue weighted by Gasteiger charge is -2.43. The number of nitrogens with zero attached hydrogens (tertiary/aromatic N) is 2. The van der Waals surface area contributed by atoms with Crippen LogP contribution in [0.5, 0.6) is 0 Å². The molecule has 0 aliphatic carbocycles. The molecule has 2 heterocycles. The smallest absolute Gasteiger partial charge is 0.236 e. The molecule has 166 valence electrons. The summed E-state index contributed by atoms with van der Waals surface area (Å²) in [5, 5.41) is 4.40. The highest BCUT2D eigenvalue weighted by molar-refractivity contribution is 6.42. The maximum absolute atomic E-state index is 13.3. The number of likely N-dealkylation sites (tertiary alicyclic amines) is 2. The molecule has 2 aromatic carbocycles. The van der Waals surface area contributed by atoms with E-state index >= 15 is 0 Å². The van der Waals surface area contributed by atoms with Crippen LogP contribution >= 0.6 is 23.2 Å². The van der Waals surface area contributed by atoms with E-state index in [1.807, 2.05) is 12.1 Å². The molecule has 1 amide bonds. The molecular weight excluding hydrogens is 429 g/mol. The van der Waals surface area contributed by atoms with Crippen molar-refractivity contribution in [3.8, 4) is 0 Å². The quantitative estimate of drug-likeness (QED) is 0.635. The van der Waals surface area contributed by atoms with Crippen LogP contribution in [0.3, 0.4) is 0 Å². The summed E-state index contributed by atoms with van der Waals surface area (Å²) in [5.41, 5.74) is 2.38. The number of nitrogens with one attached hydrogen (secondary N) is 1. The van der Waals surface area contributed by atoms with Gasteiger partial charge in [-0.1, -0.05) is 59.6 Å². The normalized spacial score (nSPS) is 22.1. The fraction of sp³-hybridized carbons (Fsp3) is 0.480. The minimum absolute atomic E-state index is 0.185. The largest absolute Gasteiger partial charge is 0.337 e. The molecule has 2 aromatic rings. The van der Waals surface area contributed by atoms with Gasteiger partial charge >= 0.3 is 0 Å². The Morgan fingerprint density at radius 3 is 2.48 bits per heavy atom. The summed E-state index contributed by atoms with van der Waals surface area (Å²) < 4.78 is 0. The fourth-order valence-corrected chi connectivity index (χ4v) is 5.30. The van der Waals surface area contributed by atoms with Crippen LogP contribution in [-0.4, -0.2) is 54.5 Å². The highest BCUT2D eigenvalue weighted by atomic mass is 35.5. The van der Waals surface area contributed by atoms with Crippen LogP contribution in [0.2, 0.25) is 10.0 Å². The lowest BCUT2D eigenvalue weighted by Crippen LogP contribution is -2.54. The van der Waals surface area contributed by atoms with Crippen LogP contribution in [0.4, 0.5) is 0 Å². The van der Waals surface area contributed by atoms with Gasteiger partial charge in [0.15, 0.2) is 0 Å². The molecule has 0 saturated carbocycles. The predicted octanol–water partition coefficient (Wildman–Crippen LogP) is 4.95. The fourth-order valence-electron chi connectivity index (χ4n) is 4.98. The highest BCUT2D eigenvalue weighted by Gasteiger charge is 2.36. The van der Waals surface area contributed by atoms with Crippen LogP contribution in [0.1, 0.15) is 42.7 Å². The van der Waals surface area contributed by atoms with Gasteiger partial charge < -0.3 is 15.1 Å². The van der Waals surface area contributed by atoms with Crippen LogP contribution in [-0.2, 0) is 11.3 Å². The second-order valence-corrected chi connectivity index (χ2v) is 9.49. The average Bonchev–Trinajstić information content (AvgIpc) is 3.30. The van der Waals surface area contributed by atoms with Crippen molar-refractivity contribution < 1.29 is 4.79 Å². The van der Waals surface area contributed by atoms with Crippen molar-refractivity contribution in [3.05, 3.63) is 69.7 Å². The summed E-state index contributed by atoms with van der Waals surface area (Å²) in [7, 11) is 0. The van der Waals surface area contributed by atoms with Gasteiger partial charge in [-0.05, 0) is 62.0 Å². The molecule has 6 heteroatoms. The Balaban J connectivity index is 1.43. The minimum atomic E-state index is 0.185. The number of carbonyl (C=O) groups excluding carboxylic acids is 1. The molecule has 2 aliphatic heterocycles. The zero-order chi connectivity index (χ0) is 21.6. The van der Waals surface area contributed by atoms with E-state index in [9.17, 15) is 4.79 Å².